The number of nitrogens with zero attached hydrogens (tertiary/aromatic N) is 1. The average Bonchev–Trinajstić information content (AvgIpc) is 3.35. The zero-order valence-electron chi connectivity index (χ0n) is 18.7. The van der Waals surface area contributed by atoms with Crippen molar-refractivity contribution >= 4 is 26.8 Å². The monoisotopic (exact) mass is 489 g/mol. The van der Waals surface area contributed by atoms with Crippen LogP contribution in [0.2, 0.25) is 0 Å². The standard InChI is InChI=1S/C26H23N3O5S/c30-26(28-16-19-11-12-22-23(15-19)34-17-33-22)21(14-18-6-2-1-3-7-18)29-35(31,32)24-10-4-8-20-9-5-13-27-25(20)24/h1-13,15,21,29H,14,16-17H2,(H,28,30)/t21-/m1/s1. The second-order valence-corrected chi connectivity index (χ2v) is 9.78. The Morgan fingerprint density at radius 2 is 1.71 bits per heavy atom. The fourth-order valence-corrected chi connectivity index (χ4v) is 5.32. The summed E-state index contributed by atoms with van der Waals surface area (Å²) in [5.41, 5.74) is 1.98. The minimum atomic E-state index is -4.05. The molecule has 0 saturated heterocycles. The molecular weight excluding hydrogens is 466 g/mol. The van der Waals surface area contributed by atoms with Crippen LogP contribution in [-0.4, -0.2) is 32.1 Å². The number of carbonyl (C=O) groups is 1. The number of amides is 1. The number of hydrogen-bond donors (Lipinski definition) is 2. The number of benzene rings is 3. The maximum absolute atomic E-state index is 13.4. The summed E-state index contributed by atoms with van der Waals surface area (Å²) in [4.78, 5) is 17.5. The van der Waals surface area contributed by atoms with Crippen LogP contribution in [0.3, 0.4) is 0 Å². The van der Waals surface area contributed by atoms with Gasteiger partial charge in [0.25, 0.3) is 0 Å². The van der Waals surface area contributed by atoms with E-state index in [1.807, 2.05) is 36.4 Å². The smallest absolute Gasteiger partial charge is 0.243 e. The van der Waals surface area contributed by atoms with E-state index in [1.165, 1.54) is 6.07 Å². The van der Waals surface area contributed by atoms with Crippen LogP contribution >= 0.6 is 0 Å². The van der Waals surface area contributed by atoms with Crippen molar-refractivity contribution in [3.63, 3.8) is 0 Å². The average molecular weight is 490 g/mol. The predicted octanol–water partition coefficient (Wildman–Crippen LogP) is 3.17. The fraction of sp³-hybridized carbons (Fsp3) is 0.154. The molecule has 178 valence electrons. The zero-order valence-corrected chi connectivity index (χ0v) is 19.5. The molecule has 2 heterocycles. The first-order valence-corrected chi connectivity index (χ1v) is 12.5. The Labute approximate surface area is 203 Å². The van der Waals surface area contributed by atoms with Gasteiger partial charge in [-0.1, -0.05) is 54.6 Å². The van der Waals surface area contributed by atoms with Gasteiger partial charge in [0, 0.05) is 18.1 Å². The summed E-state index contributed by atoms with van der Waals surface area (Å²) in [5, 5.41) is 3.54. The van der Waals surface area contributed by atoms with Gasteiger partial charge < -0.3 is 14.8 Å². The van der Waals surface area contributed by atoms with Crippen LogP contribution in [0.4, 0.5) is 0 Å². The van der Waals surface area contributed by atoms with E-state index in [1.54, 1.807) is 42.6 Å². The molecular formula is C26H23N3O5S. The minimum absolute atomic E-state index is 0.0252. The third kappa shape index (κ3) is 5.11. The third-order valence-corrected chi connectivity index (χ3v) is 7.19. The number of para-hydroxylation sites is 1. The Morgan fingerprint density at radius 1 is 0.914 bits per heavy atom. The quantitative estimate of drug-likeness (QED) is 0.394. The largest absolute Gasteiger partial charge is 0.454 e. The molecule has 1 aliphatic heterocycles. The van der Waals surface area contributed by atoms with Crippen molar-refractivity contribution < 1.29 is 22.7 Å². The predicted molar refractivity (Wildman–Crippen MR) is 130 cm³/mol. The Kier molecular flexibility index (Phi) is 6.35. The molecule has 35 heavy (non-hydrogen) atoms. The van der Waals surface area contributed by atoms with E-state index in [-0.39, 0.29) is 24.7 Å². The lowest BCUT2D eigenvalue weighted by Crippen LogP contribution is -2.47. The molecule has 9 heteroatoms. The number of hydrogen-bond acceptors (Lipinski definition) is 6. The van der Waals surface area contributed by atoms with E-state index < -0.39 is 22.0 Å². The van der Waals surface area contributed by atoms with Gasteiger partial charge in [0.2, 0.25) is 22.7 Å². The lowest BCUT2D eigenvalue weighted by atomic mass is 10.1. The Balaban J connectivity index is 1.38. The summed E-state index contributed by atoms with van der Waals surface area (Å²) < 4.78 is 40.1. The molecule has 0 saturated carbocycles. The molecule has 0 aliphatic carbocycles. The fourth-order valence-electron chi connectivity index (χ4n) is 3.94. The van der Waals surface area contributed by atoms with Crippen molar-refractivity contribution in [1.82, 2.24) is 15.0 Å². The number of fused-ring (bicyclic) bond motifs is 2. The molecule has 3 aromatic carbocycles. The molecule has 0 spiro atoms. The summed E-state index contributed by atoms with van der Waals surface area (Å²) >= 11 is 0. The Bertz CT molecular complexity index is 1470. The van der Waals surface area contributed by atoms with Gasteiger partial charge in [0.1, 0.15) is 10.9 Å². The molecule has 0 bridgehead atoms. The van der Waals surface area contributed by atoms with Crippen molar-refractivity contribution in [3.05, 3.63) is 96.2 Å². The van der Waals surface area contributed by atoms with Crippen molar-refractivity contribution in [2.75, 3.05) is 6.79 Å². The molecule has 8 nitrogen and oxygen atoms in total. The Hall–Kier alpha value is -3.95. The molecule has 1 amide bonds. The van der Waals surface area contributed by atoms with Crippen LogP contribution in [0.25, 0.3) is 10.9 Å². The highest BCUT2D eigenvalue weighted by atomic mass is 32.2. The van der Waals surface area contributed by atoms with E-state index in [0.717, 1.165) is 11.1 Å². The number of pyridine rings is 1. The van der Waals surface area contributed by atoms with E-state index in [9.17, 15) is 13.2 Å². The van der Waals surface area contributed by atoms with Crippen molar-refractivity contribution in [1.29, 1.82) is 0 Å². The number of carbonyl (C=O) groups excluding carboxylic acids is 1. The van der Waals surface area contributed by atoms with Crippen LogP contribution in [0, 0.1) is 0 Å². The normalized spacial score (nSPS) is 13.5. The SMILES string of the molecule is O=C(NCc1ccc2c(c1)OCO2)[C@@H](Cc1ccccc1)NS(=O)(=O)c1cccc2cccnc12. The first-order chi connectivity index (χ1) is 17.0. The van der Waals surface area contributed by atoms with Crippen molar-refractivity contribution in [2.24, 2.45) is 0 Å². The lowest BCUT2D eigenvalue weighted by molar-refractivity contribution is -0.122. The highest BCUT2D eigenvalue weighted by Crippen LogP contribution is 2.32. The molecule has 5 rings (SSSR count). The number of aromatic nitrogens is 1. The van der Waals surface area contributed by atoms with Gasteiger partial charge in [0.05, 0.1) is 5.52 Å². The second kappa shape index (κ2) is 9.73. The molecule has 2 N–H and O–H groups in total. The zero-order chi connectivity index (χ0) is 24.3. The van der Waals surface area contributed by atoms with Crippen LogP contribution in [0.15, 0.2) is 90.0 Å². The number of ether oxygens (including phenoxy) is 2. The maximum atomic E-state index is 13.4. The molecule has 1 atom stereocenters. The summed E-state index contributed by atoms with van der Waals surface area (Å²) in [7, 11) is -4.05. The van der Waals surface area contributed by atoms with Gasteiger partial charge in [-0.05, 0) is 41.8 Å². The van der Waals surface area contributed by atoms with Gasteiger partial charge in [-0.2, -0.15) is 4.72 Å². The maximum Gasteiger partial charge on any atom is 0.243 e. The second-order valence-electron chi connectivity index (χ2n) is 8.10. The topological polar surface area (TPSA) is 107 Å². The molecule has 1 aliphatic rings. The third-order valence-electron chi connectivity index (χ3n) is 5.69. The molecule has 0 radical (unpaired) electrons. The Morgan fingerprint density at radius 3 is 2.57 bits per heavy atom. The summed E-state index contributed by atoms with van der Waals surface area (Å²) in [6, 6.07) is 22.1. The molecule has 4 aromatic rings. The summed E-state index contributed by atoms with van der Waals surface area (Å²) in [5.74, 6) is 0.823. The van der Waals surface area contributed by atoms with E-state index in [4.69, 9.17) is 9.47 Å². The van der Waals surface area contributed by atoms with Crippen LogP contribution < -0.4 is 19.5 Å². The molecule has 0 unspecified atom stereocenters. The van der Waals surface area contributed by atoms with Crippen molar-refractivity contribution in [2.45, 2.75) is 23.9 Å². The van der Waals surface area contributed by atoms with Crippen LogP contribution in [0.1, 0.15) is 11.1 Å². The van der Waals surface area contributed by atoms with Gasteiger partial charge in [-0.25, -0.2) is 8.42 Å². The summed E-state index contributed by atoms with van der Waals surface area (Å²) in [6.45, 7) is 0.368. The lowest BCUT2D eigenvalue weighted by Gasteiger charge is -2.19. The van der Waals surface area contributed by atoms with Crippen LogP contribution in [-0.2, 0) is 27.8 Å². The van der Waals surface area contributed by atoms with Gasteiger partial charge in [-0.15, -0.1) is 0 Å². The van der Waals surface area contributed by atoms with Gasteiger partial charge in [-0.3, -0.25) is 9.78 Å². The number of sulfonamides is 1. The number of nitrogens with one attached hydrogen (secondary N) is 2. The minimum Gasteiger partial charge on any atom is -0.454 e. The van der Waals surface area contributed by atoms with E-state index in [0.29, 0.717) is 22.4 Å². The van der Waals surface area contributed by atoms with E-state index in [2.05, 4.69) is 15.0 Å². The highest BCUT2D eigenvalue weighted by Gasteiger charge is 2.27. The highest BCUT2D eigenvalue weighted by molar-refractivity contribution is 7.89. The first-order valence-electron chi connectivity index (χ1n) is 11.1. The molecule has 1 aromatic heterocycles. The van der Waals surface area contributed by atoms with Gasteiger partial charge in [0.15, 0.2) is 11.5 Å². The number of rotatable bonds is 8. The first kappa shape index (κ1) is 22.8. The van der Waals surface area contributed by atoms with Crippen LogP contribution in [0.5, 0.6) is 11.5 Å². The van der Waals surface area contributed by atoms with Gasteiger partial charge >= 0.3 is 0 Å². The van der Waals surface area contributed by atoms with E-state index >= 15 is 0 Å². The van der Waals surface area contributed by atoms with Crippen molar-refractivity contribution in [3.8, 4) is 11.5 Å². The summed E-state index contributed by atoms with van der Waals surface area (Å²) in [6.07, 6.45) is 1.73. The molecule has 0 fully saturated rings.